The third kappa shape index (κ3) is 5.77. The third-order valence-corrected chi connectivity index (χ3v) is 6.86. The van der Waals surface area contributed by atoms with E-state index in [0.717, 1.165) is 11.3 Å². The quantitative estimate of drug-likeness (QED) is 0.371. The van der Waals surface area contributed by atoms with Crippen molar-refractivity contribution in [2.45, 2.75) is 18.1 Å². The summed E-state index contributed by atoms with van der Waals surface area (Å²) in [6.45, 7) is 3.12. The van der Waals surface area contributed by atoms with Gasteiger partial charge < -0.3 is 5.32 Å². The minimum atomic E-state index is -3.80. The highest BCUT2D eigenvalue weighted by atomic mass is 32.2. The van der Waals surface area contributed by atoms with Crippen molar-refractivity contribution in [1.82, 2.24) is 5.43 Å². The van der Waals surface area contributed by atoms with Crippen LogP contribution >= 0.6 is 11.3 Å². The van der Waals surface area contributed by atoms with Crippen LogP contribution in [0.5, 0.6) is 0 Å². The molecule has 0 spiro atoms. The molecule has 0 aliphatic heterocycles. The number of sulfonamides is 1. The van der Waals surface area contributed by atoms with Crippen LogP contribution in [0.15, 0.2) is 75.4 Å². The molecule has 31 heavy (non-hydrogen) atoms. The van der Waals surface area contributed by atoms with Crippen molar-refractivity contribution >= 4 is 50.3 Å². The van der Waals surface area contributed by atoms with Gasteiger partial charge in [-0.1, -0.05) is 30.3 Å². The van der Waals surface area contributed by atoms with Crippen molar-refractivity contribution in [2.75, 3.05) is 10.0 Å². The van der Waals surface area contributed by atoms with E-state index < -0.39 is 15.9 Å². The molecule has 2 amide bonds. The minimum absolute atomic E-state index is 0.131. The number of amides is 2. The zero-order valence-electron chi connectivity index (χ0n) is 16.7. The number of para-hydroxylation sites is 1. The number of carbonyl (C=O) groups excluding carboxylic acids is 2. The second-order valence-corrected chi connectivity index (χ2v) is 9.34. The first-order chi connectivity index (χ1) is 14.8. The van der Waals surface area contributed by atoms with Gasteiger partial charge in [-0.15, -0.1) is 11.3 Å². The van der Waals surface area contributed by atoms with E-state index in [1.165, 1.54) is 25.1 Å². The number of hydrogen-bond donors (Lipinski definition) is 3. The van der Waals surface area contributed by atoms with Gasteiger partial charge in [-0.05, 0) is 48.2 Å². The summed E-state index contributed by atoms with van der Waals surface area (Å²) < 4.78 is 27.6. The van der Waals surface area contributed by atoms with Crippen LogP contribution in [0.4, 0.5) is 11.4 Å². The van der Waals surface area contributed by atoms with Crippen molar-refractivity contribution in [3.63, 3.8) is 0 Å². The Morgan fingerprint density at radius 3 is 2.45 bits per heavy atom. The number of nitrogens with zero attached hydrogens (tertiary/aromatic N) is 1. The lowest BCUT2D eigenvalue weighted by Crippen LogP contribution is -2.22. The predicted octanol–water partition coefficient (Wildman–Crippen LogP) is 3.66. The highest BCUT2D eigenvalue weighted by Gasteiger charge is 2.19. The summed E-state index contributed by atoms with van der Waals surface area (Å²) in [5.74, 6) is -0.761. The Kier molecular flexibility index (Phi) is 6.83. The van der Waals surface area contributed by atoms with Crippen LogP contribution in [0.25, 0.3) is 0 Å². The molecule has 3 rings (SSSR count). The second kappa shape index (κ2) is 9.54. The molecule has 3 N–H and O–H groups in total. The van der Waals surface area contributed by atoms with Crippen LogP contribution in [0.1, 0.15) is 29.8 Å². The summed E-state index contributed by atoms with van der Waals surface area (Å²) in [5.41, 5.74) is 4.55. The van der Waals surface area contributed by atoms with Crippen LogP contribution in [0.2, 0.25) is 0 Å². The lowest BCUT2D eigenvalue weighted by Gasteiger charge is -2.11. The van der Waals surface area contributed by atoms with Crippen LogP contribution in [0.3, 0.4) is 0 Å². The summed E-state index contributed by atoms with van der Waals surface area (Å²) in [5, 5.41) is 8.45. The number of rotatable bonds is 7. The van der Waals surface area contributed by atoms with E-state index in [2.05, 4.69) is 20.6 Å². The van der Waals surface area contributed by atoms with Gasteiger partial charge in [0.15, 0.2) is 0 Å². The number of benzene rings is 2. The fourth-order valence-electron chi connectivity index (χ4n) is 2.67. The lowest BCUT2D eigenvalue weighted by molar-refractivity contribution is -0.114. The number of thiophene rings is 1. The molecule has 160 valence electrons. The predicted molar refractivity (Wildman–Crippen MR) is 122 cm³/mol. The number of anilines is 2. The van der Waals surface area contributed by atoms with E-state index in [1.54, 1.807) is 54.8 Å². The Morgan fingerprint density at radius 2 is 1.74 bits per heavy atom. The summed E-state index contributed by atoms with van der Waals surface area (Å²) >= 11 is 1.08. The standard InChI is InChI=1S/C21H20N4O4S2/c1-14(16-7-5-8-17(13-16)22-15(2)26)23-24-21(27)18-9-3-4-10-19(18)25-31(28,29)20-11-6-12-30-20/h3-13,25H,1-2H3,(H,22,26)(H,24,27)/b23-14-. The van der Waals surface area contributed by atoms with Gasteiger partial charge in [0.1, 0.15) is 4.21 Å². The maximum Gasteiger partial charge on any atom is 0.273 e. The molecule has 0 bridgehead atoms. The van der Waals surface area contributed by atoms with Crippen LogP contribution < -0.4 is 15.5 Å². The molecule has 8 nitrogen and oxygen atoms in total. The molecule has 0 aliphatic carbocycles. The average Bonchev–Trinajstić information content (AvgIpc) is 3.27. The molecule has 0 unspecified atom stereocenters. The molecular formula is C21H20N4O4S2. The van der Waals surface area contributed by atoms with E-state index >= 15 is 0 Å². The summed E-state index contributed by atoms with van der Waals surface area (Å²) in [4.78, 5) is 23.9. The van der Waals surface area contributed by atoms with Gasteiger partial charge in [0.2, 0.25) is 5.91 Å². The van der Waals surface area contributed by atoms with Crippen molar-refractivity contribution in [2.24, 2.45) is 5.10 Å². The number of carbonyl (C=O) groups is 2. The second-order valence-electron chi connectivity index (χ2n) is 6.48. The first kappa shape index (κ1) is 22.2. The number of nitrogens with one attached hydrogen (secondary N) is 3. The topological polar surface area (TPSA) is 117 Å². The highest BCUT2D eigenvalue weighted by molar-refractivity contribution is 7.94. The normalized spacial score (nSPS) is 11.6. The van der Waals surface area contributed by atoms with Crippen molar-refractivity contribution in [3.05, 3.63) is 77.2 Å². The van der Waals surface area contributed by atoms with E-state index in [0.29, 0.717) is 17.0 Å². The Bertz CT molecular complexity index is 1240. The van der Waals surface area contributed by atoms with E-state index in [4.69, 9.17) is 0 Å². The first-order valence-corrected chi connectivity index (χ1v) is 11.5. The van der Waals surface area contributed by atoms with Crippen molar-refractivity contribution < 1.29 is 18.0 Å². The SMILES string of the molecule is CC(=O)Nc1cccc(/C(C)=N\NC(=O)c2ccccc2NS(=O)(=O)c2cccs2)c1. The monoisotopic (exact) mass is 456 g/mol. The van der Waals surface area contributed by atoms with Gasteiger partial charge in [-0.3, -0.25) is 14.3 Å². The van der Waals surface area contributed by atoms with Gasteiger partial charge in [0.05, 0.1) is 17.0 Å². The average molecular weight is 457 g/mol. The van der Waals surface area contributed by atoms with E-state index in [-0.39, 0.29) is 21.4 Å². The fraction of sp³-hybridized carbons (Fsp3) is 0.0952. The molecule has 0 radical (unpaired) electrons. The van der Waals surface area contributed by atoms with Gasteiger partial charge in [0.25, 0.3) is 15.9 Å². The molecule has 2 aromatic carbocycles. The Hall–Kier alpha value is -3.50. The van der Waals surface area contributed by atoms with Crippen LogP contribution in [-0.4, -0.2) is 25.9 Å². The van der Waals surface area contributed by atoms with Crippen molar-refractivity contribution in [3.8, 4) is 0 Å². The molecule has 10 heteroatoms. The zero-order chi connectivity index (χ0) is 22.4. The molecule has 1 aromatic heterocycles. The number of hydrazone groups is 1. The molecule has 3 aromatic rings. The third-order valence-electron chi connectivity index (χ3n) is 4.10. The van der Waals surface area contributed by atoms with Crippen LogP contribution in [-0.2, 0) is 14.8 Å². The van der Waals surface area contributed by atoms with E-state index in [1.807, 2.05) is 0 Å². The smallest absolute Gasteiger partial charge is 0.273 e. The maximum atomic E-state index is 12.7. The Morgan fingerprint density at radius 1 is 0.968 bits per heavy atom. The molecule has 0 fully saturated rings. The van der Waals surface area contributed by atoms with Gasteiger partial charge in [0, 0.05) is 12.6 Å². The largest absolute Gasteiger partial charge is 0.326 e. The van der Waals surface area contributed by atoms with Gasteiger partial charge >= 0.3 is 0 Å². The summed E-state index contributed by atoms with van der Waals surface area (Å²) in [6, 6.07) is 16.4. The molecule has 0 aliphatic rings. The molecule has 0 saturated heterocycles. The van der Waals surface area contributed by atoms with Crippen LogP contribution in [0, 0.1) is 0 Å². The van der Waals surface area contributed by atoms with Crippen molar-refractivity contribution in [1.29, 1.82) is 0 Å². The number of hydrogen-bond acceptors (Lipinski definition) is 6. The summed E-state index contributed by atoms with van der Waals surface area (Å²) in [6.07, 6.45) is 0. The highest BCUT2D eigenvalue weighted by Crippen LogP contribution is 2.23. The molecular weight excluding hydrogens is 436 g/mol. The first-order valence-electron chi connectivity index (χ1n) is 9.14. The van der Waals surface area contributed by atoms with Gasteiger partial charge in [-0.2, -0.15) is 5.10 Å². The zero-order valence-corrected chi connectivity index (χ0v) is 18.4. The molecule has 0 atom stereocenters. The lowest BCUT2D eigenvalue weighted by atomic mass is 10.1. The Balaban J connectivity index is 1.78. The summed E-state index contributed by atoms with van der Waals surface area (Å²) in [7, 11) is -3.80. The fourth-order valence-corrected chi connectivity index (χ4v) is 4.74. The van der Waals surface area contributed by atoms with E-state index in [9.17, 15) is 18.0 Å². The Labute approximate surface area is 184 Å². The molecule has 1 heterocycles. The molecule has 0 saturated carbocycles. The van der Waals surface area contributed by atoms with Gasteiger partial charge in [-0.25, -0.2) is 13.8 Å². The maximum absolute atomic E-state index is 12.7. The minimum Gasteiger partial charge on any atom is -0.326 e.